The summed E-state index contributed by atoms with van der Waals surface area (Å²) in [5.74, 6) is 0.151. The summed E-state index contributed by atoms with van der Waals surface area (Å²) in [7, 11) is 0. The molecule has 1 saturated heterocycles. The topological polar surface area (TPSA) is 55.8 Å². The number of hydrogen-bond donors (Lipinski definition) is 2. The molecule has 0 saturated carbocycles. The summed E-state index contributed by atoms with van der Waals surface area (Å²) in [5.41, 5.74) is 0. The first-order valence-electron chi connectivity index (χ1n) is 6.20. The van der Waals surface area contributed by atoms with Gasteiger partial charge in [0.25, 0.3) is 0 Å². The van der Waals surface area contributed by atoms with Crippen molar-refractivity contribution in [3.63, 3.8) is 0 Å². The number of rotatable bonds is 6. The smallest absolute Gasteiger partial charge is 0.236 e. The third kappa shape index (κ3) is 5.30. The third-order valence-corrected chi connectivity index (χ3v) is 2.92. The van der Waals surface area contributed by atoms with Gasteiger partial charge in [0, 0.05) is 32.7 Å². The van der Waals surface area contributed by atoms with Crippen LogP contribution in [0.25, 0.3) is 0 Å². The van der Waals surface area contributed by atoms with Gasteiger partial charge in [-0.05, 0) is 13.0 Å². The Hall–Kier alpha value is -0.910. The van der Waals surface area contributed by atoms with Gasteiger partial charge in [0.2, 0.25) is 5.91 Å². The number of hydrogen-bond acceptors (Lipinski definition) is 4. The predicted octanol–water partition coefficient (Wildman–Crippen LogP) is -0.711. The standard InChI is InChI=1S/C12H23N3O2/c1-2-4-13-11-12(17)15-6-3-5-14(7-8-15)9-10-16/h2,13,16H,1,3-11H2. The van der Waals surface area contributed by atoms with Gasteiger partial charge in [-0.25, -0.2) is 0 Å². The Kier molecular flexibility index (Phi) is 6.84. The number of nitrogens with zero attached hydrogens (tertiary/aromatic N) is 2. The molecular weight excluding hydrogens is 218 g/mol. The van der Waals surface area contributed by atoms with Crippen LogP contribution in [0.5, 0.6) is 0 Å². The molecule has 0 aromatic heterocycles. The van der Waals surface area contributed by atoms with Gasteiger partial charge in [0.15, 0.2) is 0 Å². The zero-order valence-electron chi connectivity index (χ0n) is 10.4. The van der Waals surface area contributed by atoms with Gasteiger partial charge >= 0.3 is 0 Å². The average Bonchev–Trinajstić information content (AvgIpc) is 2.55. The lowest BCUT2D eigenvalue weighted by molar-refractivity contribution is -0.130. The first kappa shape index (κ1) is 14.2. The summed E-state index contributed by atoms with van der Waals surface area (Å²) in [6.45, 7) is 8.93. The van der Waals surface area contributed by atoms with Crippen LogP contribution in [0.4, 0.5) is 0 Å². The Bertz CT molecular complexity index is 246. The third-order valence-electron chi connectivity index (χ3n) is 2.92. The molecule has 0 aromatic rings. The summed E-state index contributed by atoms with van der Waals surface area (Å²) < 4.78 is 0. The number of aliphatic hydroxyl groups excluding tert-OH is 1. The summed E-state index contributed by atoms with van der Waals surface area (Å²) in [4.78, 5) is 15.9. The van der Waals surface area contributed by atoms with E-state index in [0.29, 0.717) is 19.6 Å². The largest absolute Gasteiger partial charge is 0.395 e. The van der Waals surface area contributed by atoms with Crippen LogP contribution in [-0.2, 0) is 4.79 Å². The lowest BCUT2D eigenvalue weighted by Crippen LogP contribution is -2.40. The quantitative estimate of drug-likeness (QED) is 0.476. The van der Waals surface area contributed by atoms with Gasteiger partial charge in [-0.15, -0.1) is 6.58 Å². The highest BCUT2D eigenvalue weighted by Gasteiger charge is 2.17. The van der Waals surface area contributed by atoms with E-state index in [1.165, 1.54) is 0 Å². The van der Waals surface area contributed by atoms with Gasteiger partial charge in [-0.3, -0.25) is 9.69 Å². The van der Waals surface area contributed by atoms with E-state index in [-0.39, 0.29) is 12.5 Å². The summed E-state index contributed by atoms with van der Waals surface area (Å²) in [6, 6.07) is 0. The normalized spacial score (nSPS) is 17.8. The maximum atomic E-state index is 11.9. The minimum atomic E-state index is 0.151. The van der Waals surface area contributed by atoms with E-state index in [1.807, 2.05) is 4.90 Å². The van der Waals surface area contributed by atoms with Crippen LogP contribution in [0.2, 0.25) is 0 Å². The molecule has 17 heavy (non-hydrogen) atoms. The van der Waals surface area contributed by atoms with Gasteiger partial charge in [0.05, 0.1) is 13.2 Å². The van der Waals surface area contributed by atoms with E-state index in [2.05, 4.69) is 16.8 Å². The maximum absolute atomic E-state index is 11.9. The van der Waals surface area contributed by atoms with Crippen molar-refractivity contribution in [3.8, 4) is 0 Å². The first-order chi connectivity index (χ1) is 8.27. The number of carbonyl (C=O) groups excluding carboxylic acids is 1. The van der Waals surface area contributed by atoms with Crippen molar-refractivity contribution >= 4 is 5.91 Å². The number of amides is 1. The van der Waals surface area contributed by atoms with Gasteiger partial charge in [-0.1, -0.05) is 6.08 Å². The monoisotopic (exact) mass is 241 g/mol. The van der Waals surface area contributed by atoms with Crippen molar-refractivity contribution in [1.82, 2.24) is 15.1 Å². The van der Waals surface area contributed by atoms with Gasteiger partial charge < -0.3 is 15.3 Å². The fraction of sp³-hybridized carbons (Fsp3) is 0.750. The molecule has 1 rings (SSSR count). The van der Waals surface area contributed by atoms with Crippen LogP contribution >= 0.6 is 0 Å². The molecule has 0 bridgehead atoms. The van der Waals surface area contributed by atoms with E-state index in [1.54, 1.807) is 6.08 Å². The molecule has 0 aliphatic carbocycles. The van der Waals surface area contributed by atoms with Crippen molar-refractivity contribution in [3.05, 3.63) is 12.7 Å². The van der Waals surface area contributed by atoms with Crippen molar-refractivity contribution in [2.75, 3.05) is 52.4 Å². The minimum Gasteiger partial charge on any atom is -0.395 e. The number of β-amino-alcohol motifs (C(OH)–C–C–N with tert-alkyl or cyclic N) is 1. The van der Waals surface area contributed by atoms with E-state index in [4.69, 9.17) is 5.11 Å². The van der Waals surface area contributed by atoms with Crippen molar-refractivity contribution in [2.45, 2.75) is 6.42 Å². The molecule has 0 spiro atoms. The Morgan fingerprint density at radius 1 is 1.35 bits per heavy atom. The second-order valence-electron chi connectivity index (χ2n) is 4.22. The summed E-state index contributed by atoms with van der Waals surface area (Å²) in [5, 5.41) is 11.9. The van der Waals surface area contributed by atoms with Crippen LogP contribution < -0.4 is 5.32 Å². The number of nitrogens with one attached hydrogen (secondary N) is 1. The van der Waals surface area contributed by atoms with E-state index in [9.17, 15) is 4.79 Å². The van der Waals surface area contributed by atoms with Crippen LogP contribution in [0.3, 0.4) is 0 Å². The maximum Gasteiger partial charge on any atom is 0.236 e. The van der Waals surface area contributed by atoms with Crippen molar-refractivity contribution in [1.29, 1.82) is 0 Å². The highest BCUT2D eigenvalue weighted by molar-refractivity contribution is 5.78. The fourth-order valence-corrected chi connectivity index (χ4v) is 1.98. The Balaban J connectivity index is 2.29. The Morgan fingerprint density at radius 3 is 2.88 bits per heavy atom. The highest BCUT2D eigenvalue weighted by atomic mass is 16.3. The van der Waals surface area contributed by atoms with E-state index < -0.39 is 0 Å². The lowest BCUT2D eigenvalue weighted by Gasteiger charge is -2.21. The van der Waals surface area contributed by atoms with Crippen LogP contribution in [0, 0.1) is 0 Å². The second-order valence-corrected chi connectivity index (χ2v) is 4.22. The molecule has 1 aliphatic heterocycles. The number of carbonyl (C=O) groups is 1. The highest BCUT2D eigenvalue weighted by Crippen LogP contribution is 2.02. The molecule has 2 N–H and O–H groups in total. The molecule has 1 aliphatic rings. The molecular formula is C12H23N3O2. The zero-order valence-corrected chi connectivity index (χ0v) is 10.4. The van der Waals surface area contributed by atoms with Crippen molar-refractivity contribution in [2.24, 2.45) is 0 Å². The molecule has 0 aromatic carbocycles. The average molecular weight is 241 g/mol. The van der Waals surface area contributed by atoms with Crippen LogP contribution in [0.15, 0.2) is 12.7 Å². The van der Waals surface area contributed by atoms with Crippen LogP contribution in [0.1, 0.15) is 6.42 Å². The summed E-state index contributed by atoms with van der Waals surface area (Å²) in [6.07, 6.45) is 2.73. The zero-order chi connectivity index (χ0) is 12.5. The molecule has 5 nitrogen and oxygen atoms in total. The molecule has 1 amide bonds. The molecule has 1 heterocycles. The van der Waals surface area contributed by atoms with Crippen LogP contribution in [-0.4, -0.2) is 73.2 Å². The SMILES string of the molecule is C=CCNCC(=O)N1CCCN(CCO)CC1. The Labute approximate surface area is 103 Å². The minimum absolute atomic E-state index is 0.151. The van der Waals surface area contributed by atoms with E-state index >= 15 is 0 Å². The fourth-order valence-electron chi connectivity index (χ4n) is 1.98. The number of aliphatic hydroxyl groups is 1. The molecule has 0 atom stereocenters. The van der Waals surface area contributed by atoms with Gasteiger partial charge in [0.1, 0.15) is 0 Å². The Morgan fingerprint density at radius 2 is 2.18 bits per heavy atom. The lowest BCUT2D eigenvalue weighted by atomic mass is 10.3. The molecule has 0 radical (unpaired) electrons. The molecule has 0 unspecified atom stereocenters. The van der Waals surface area contributed by atoms with Gasteiger partial charge in [-0.2, -0.15) is 0 Å². The second kappa shape index (κ2) is 8.22. The van der Waals surface area contributed by atoms with E-state index in [0.717, 1.165) is 32.6 Å². The van der Waals surface area contributed by atoms with Crippen molar-refractivity contribution < 1.29 is 9.90 Å². The predicted molar refractivity (Wildman–Crippen MR) is 67.8 cm³/mol. The summed E-state index contributed by atoms with van der Waals surface area (Å²) >= 11 is 0. The molecule has 1 fully saturated rings. The molecule has 98 valence electrons. The molecule has 5 heteroatoms. The first-order valence-corrected chi connectivity index (χ1v) is 6.20.